The highest BCUT2D eigenvalue weighted by Gasteiger charge is 2.20. The maximum atomic E-state index is 11.6. The third kappa shape index (κ3) is 4.06. The van der Waals surface area contributed by atoms with Gasteiger partial charge in [-0.25, -0.2) is 0 Å². The first kappa shape index (κ1) is 12.3. The average Bonchev–Trinajstić information content (AvgIpc) is 2.41. The molecule has 1 saturated heterocycles. The quantitative estimate of drug-likeness (QED) is 0.654. The molecule has 15 heavy (non-hydrogen) atoms. The minimum absolute atomic E-state index is 0.102. The van der Waals surface area contributed by atoms with Crippen LogP contribution in [0.1, 0.15) is 39.5 Å². The minimum atomic E-state index is 0.102. The number of nitrogens with zero attached hydrogens (tertiary/aromatic N) is 1. The van der Waals surface area contributed by atoms with Gasteiger partial charge in [0.15, 0.2) is 0 Å². The molecule has 0 spiro atoms. The fourth-order valence-electron chi connectivity index (χ4n) is 2.42. The Bertz CT molecular complexity index is 223. The van der Waals surface area contributed by atoms with E-state index in [-0.39, 0.29) is 5.91 Å². The topological polar surface area (TPSA) is 20.3 Å². The largest absolute Gasteiger partial charge is 0.339 e. The van der Waals surface area contributed by atoms with E-state index in [0.717, 1.165) is 25.4 Å². The lowest BCUT2D eigenvalue weighted by molar-refractivity contribution is -0.126. The van der Waals surface area contributed by atoms with Gasteiger partial charge in [-0.15, -0.1) is 0 Å². The molecule has 1 rings (SSSR count). The van der Waals surface area contributed by atoms with Crippen LogP contribution in [0.4, 0.5) is 0 Å². The van der Waals surface area contributed by atoms with Gasteiger partial charge < -0.3 is 4.90 Å². The number of hydrogen-bond donors (Lipinski definition) is 0. The molecule has 1 amide bonds. The Morgan fingerprint density at radius 2 is 2.27 bits per heavy atom. The molecule has 86 valence electrons. The van der Waals surface area contributed by atoms with Crippen LogP contribution in [0, 0.1) is 11.8 Å². The monoisotopic (exact) mass is 209 g/mol. The Morgan fingerprint density at radius 1 is 1.53 bits per heavy atom. The van der Waals surface area contributed by atoms with Crippen molar-refractivity contribution in [2.24, 2.45) is 11.8 Å². The zero-order valence-corrected chi connectivity index (χ0v) is 10.0. The predicted molar refractivity (Wildman–Crippen MR) is 63.6 cm³/mol. The van der Waals surface area contributed by atoms with Gasteiger partial charge >= 0.3 is 0 Å². The molecule has 2 heteroatoms. The summed E-state index contributed by atoms with van der Waals surface area (Å²) in [6.07, 6.45) is 6.37. The number of carbonyl (C=O) groups excluding carboxylic acids is 1. The molecule has 0 N–H and O–H groups in total. The van der Waals surface area contributed by atoms with Gasteiger partial charge in [0.2, 0.25) is 5.91 Å². The van der Waals surface area contributed by atoms with Crippen molar-refractivity contribution in [1.29, 1.82) is 0 Å². The molecule has 0 aromatic carbocycles. The van der Waals surface area contributed by atoms with Crippen molar-refractivity contribution < 1.29 is 4.79 Å². The molecule has 0 unspecified atom stereocenters. The molecule has 0 aliphatic carbocycles. The summed E-state index contributed by atoms with van der Waals surface area (Å²) in [5.74, 6) is 1.52. The second-order valence-electron chi connectivity index (χ2n) is 4.98. The summed E-state index contributed by atoms with van der Waals surface area (Å²) >= 11 is 0. The summed E-state index contributed by atoms with van der Waals surface area (Å²) in [6.45, 7) is 9.92. The van der Waals surface area contributed by atoms with E-state index in [2.05, 4.69) is 20.4 Å². The Kier molecular flexibility index (Phi) is 4.86. The van der Waals surface area contributed by atoms with Crippen molar-refractivity contribution in [3.8, 4) is 0 Å². The zero-order chi connectivity index (χ0) is 11.3. The van der Waals surface area contributed by atoms with Crippen molar-refractivity contribution >= 4 is 5.91 Å². The van der Waals surface area contributed by atoms with E-state index in [4.69, 9.17) is 0 Å². The van der Waals surface area contributed by atoms with Crippen LogP contribution in [0.3, 0.4) is 0 Å². The molecular weight excluding hydrogens is 186 g/mol. The van der Waals surface area contributed by atoms with Gasteiger partial charge in [0.25, 0.3) is 0 Å². The van der Waals surface area contributed by atoms with Crippen LogP contribution < -0.4 is 0 Å². The van der Waals surface area contributed by atoms with Crippen LogP contribution in [-0.4, -0.2) is 23.9 Å². The average molecular weight is 209 g/mol. The predicted octanol–water partition coefficient (Wildman–Crippen LogP) is 2.85. The third-order valence-corrected chi connectivity index (χ3v) is 3.06. The summed E-state index contributed by atoms with van der Waals surface area (Å²) in [5, 5.41) is 0. The van der Waals surface area contributed by atoms with Gasteiger partial charge in [0.05, 0.1) is 0 Å². The highest BCUT2D eigenvalue weighted by Crippen LogP contribution is 2.22. The SMILES string of the molecule is C=CC(=O)N1CCCC[C@H](CC(C)C)C1. The highest BCUT2D eigenvalue weighted by molar-refractivity contribution is 5.86. The van der Waals surface area contributed by atoms with Crippen LogP contribution in [0.5, 0.6) is 0 Å². The second-order valence-corrected chi connectivity index (χ2v) is 4.98. The zero-order valence-electron chi connectivity index (χ0n) is 10.0. The Morgan fingerprint density at radius 3 is 2.87 bits per heavy atom. The van der Waals surface area contributed by atoms with Gasteiger partial charge in [-0.3, -0.25) is 4.79 Å². The first-order chi connectivity index (χ1) is 7.13. The maximum Gasteiger partial charge on any atom is 0.245 e. The van der Waals surface area contributed by atoms with Crippen molar-refractivity contribution in [1.82, 2.24) is 4.90 Å². The fraction of sp³-hybridized carbons (Fsp3) is 0.769. The molecule has 0 bridgehead atoms. The Balaban J connectivity index is 2.52. The van der Waals surface area contributed by atoms with E-state index in [1.54, 1.807) is 0 Å². The van der Waals surface area contributed by atoms with Crippen LogP contribution in [0.25, 0.3) is 0 Å². The summed E-state index contributed by atoms with van der Waals surface area (Å²) < 4.78 is 0. The second kappa shape index (κ2) is 5.94. The lowest BCUT2D eigenvalue weighted by Crippen LogP contribution is -2.33. The number of hydrogen-bond acceptors (Lipinski definition) is 1. The molecule has 2 nitrogen and oxygen atoms in total. The summed E-state index contributed by atoms with van der Waals surface area (Å²) in [7, 11) is 0. The molecule has 1 aliphatic heterocycles. The highest BCUT2D eigenvalue weighted by atomic mass is 16.2. The molecular formula is C13H23NO. The van der Waals surface area contributed by atoms with Crippen LogP contribution in [0.15, 0.2) is 12.7 Å². The van der Waals surface area contributed by atoms with Crippen molar-refractivity contribution in [3.63, 3.8) is 0 Å². The molecule has 0 saturated carbocycles. The van der Waals surface area contributed by atoms with Crippen molar-refractivity contribution in [2.75, 3.05) is 13.1 Å². The Labute approximate surface area is 93.3 Å². The normalized spacial score (nSPS) is 22.6. The Hall–Kier alpha value is -0.790. The van der Waals surface area contributed by atoms with E-state index < -0.39 is 0 Å². The molecule has 1 aliphatic rings. The molecule has 0 aromatic heterocycles. The summed E-state index contributed by atoms with van der Waals surface area (Å²) in [5.41, 5.74) is 0. The number of likely N-dealkylation sites (tertiary alicyclic amines) is 1. The van der Waals surface area contributed by atoms with Gasteiger partial charge in [-0.1, -0.05) is 26.8 Å². The molecule has 1 heterocycles. The van der Waals surface area contributed by atoms with Crippen molar-refractivity contribution in [3.05, 3.63) is 12.7 Å². The lowest BCUT2D eigenvalue weighted by Gasteiger charge is -2.24. The standard InChI is InChI=1S/C13H23NO/c1-4-13(15)14-8-6-5-7-12(10-14)9-11(2)3/h4,11-12H,1,5-10H2,2-3H3/t12-/m1/s1. The van der Waals surface area contributed by atoms with Gasteiger partial charge in [-0.2, -0.15) is 0 Å². The molecule has 1 fully saturated rings. The molecule has 0 aromatic rings. The van der Waals surface area contributed by atoms with Crippen molar-refractivity contribution in [2.45, 2.75) is 39.5 Å². The minimum Gasteiger partial charge on any atom is -0.339 e. The fourth-order valence-corrected chi connectivity index (χ4v) is 2.42. The van der Waals surface area contributed by atoms with E-state index >= 15 is 0 Å². The smallest absolute Gasteiger partial charge is 0.245 e. The van der Waals surface area contributed by atoms with E-state index in [1.165, 1.54) is 25.3 Å². The number of amides is 1. The lowest BCUT2D eigenvalue weighted by atomic mass is 9.93. The summed E-state index contributed by atoms with van der Waals surface area (Å²) in [4.78, 5) is 13.5. The number of carbonyl (C=O) groups is 1. The maximum absolute atomic E-state index is 11.6. The van der Waals surface area contributed by atoms with E-state index in [1.807, 2.05) is 4.90 Å². The third-order valence-electron chi connectivity index (χ3n) is 3.06. The van der Waals surface area contributed by atoms with Crippen LogP contribution >= 0.6 is 0 Å². The van der Waals surface area contributed by atoms with Gasteiger partial charge in [0, 0.05) is 13.1 Å². The summed E-state index contributed by atoms with van der Waals surface area (Å²) in [6, 6.07) is 0. The molecule has 0 radical (unpaired) electrons. The van der Waals surface area contributed by atoms with Crippen LogP contribution in [0.2, 0.25) is 0 Å². The van der Waals surface area contributed by atoms with E-state index in [9.17, 15) is 4.79 Å². The number of rotatable bonds is 3. The molecule has 1 atom stereocenters. The first-order valence-electron chi connectivity index (χ1n) is 6.04. The van der Waals surface area contributed by atoms with E-state index in [0.29, 0.717) is 5.92 Å². The van der Waals surface area contributed by atoms with Gasteiger partial charge in [-0.05, 0) is 37.2 Å². The van der Waals surface area contributed by atoms with Gasteiger partial charge in [0.1, 0.15) is 0 Å². The first-order valence-corrected chi connectivity index (χ1v) is 6.04. The van der Waals surface area contributed by atoms with Crippen LogP contribution in [-0.2, 0) is 4.79 Å².